The highest BCUT2D eigenvalue weighted by Gasteiger charge is 1.92. The van der Waals surface area contributed by atoms with Crippen LogP contribution in [0.5, 0.6) is 0 Å². The SMILES string of the molecule is Clc1cc(Cl)ncn1.O=c1[nH]c2ccccc2[nH]1. The lowest BCUT2D eigenvalue weighted by Gasteiger charge is -1.85. The molecule has 5 nitrogen and oxygen atoms in total. The number of hydrogen-bond acceptors (Lipinski definition) is 3. The Kier molecular flexibility index (Phi) is 3.96. The number of fused-ring (bicyclic) bond motifs is 1. The second kappa shape index (κ2) is 5.66. The maximum atomic E-state index is 10.7. The van der Waals surface area contributed by atoms with Gasteiger partial charge in [0.25, 0.3) is 0 Å². The first-order chi connectivity index (χ1) is 8.65. The molecule has 0 aliphatic rings. The summed E-state index contributed by atoms with van der Waals surface area (Å²) in [5.74, 6) is 0. The molecular formula is C11H8Cl2N4O. The van der Waals surface area contributed by atoms with Gasteiger partial charge in [0, 0.05) is 6.07 Å². The Hall–Kier alpha value is -1.85. The number of aromatic nitrogens is 4. The molecule has 0 unspecified atom stereocenters. The van der Waals surface area contributed by atoms with Crippen molar-refractivity contribution < 1.29 is 0 Å². The van der Waals surface area contributed by atoms with Gasteiger partial charge in [-0.1, -0.05) is 35.3 Å². The number of para-hydroxylation sites is 2. The number of nitrogens with zero attached hydrogens (tertiary/aromatic N) is 2. The fourth-order valence-corrected chi connectivity index (χ4v) is 1.64. The van der Waals surface area contributed by atoms with Gasteiger partial charge < -0.3 is 9.97 Å². The zero-order valence-electron chi connectivity index (χ0n) is 9.02. The van der Waals surface area contributed by atoms with E-state index in [1.54, 1.807) is 0 Å². The van der Waals surface area contributed by atoms with E-state index < -0.39 is 0 Å². The van der Waals surface area contributed by atoms with Gasteiger partial charge >= 0.3 is 5.69 Å². The number of rotatable bonds is 0. The molecule has 2 N–H and O–H groups in total. The Labute approximate surface area is 112 Å². The quantitative estimate of drug-likeness (QED) is 0.623. The molecule has 0 fully saturated rings. The molecule has 0 bridgehead atoms. The second-order valence-electron chi connectivity index (χ2n) is 3.29. The summed E-state index contributed by atoms with van der Waals surface area (Å²) < 4.78 is 0. The molecule has 0 amide bonds. The maximum Gasteiger partial charge on any atom is 0.323 e. The summed E-state index contributed by atoms with van der Waals surface area (Å²) in [6, 6.07) is 8.95. The van der Waals surface area contributed by atoms with Crippen LogP contribution in [0.15, 0.2) is 41.5 Å². The third-order valence-corrected chi connectivity index (χ3v) is 2.44. The minimum Gasteiger partial charge on any atom is -0.306 e. The molecule has 0 radical (unpaired) electrons. The van der Waals surface area contributed by atoms with Crippen LogP contribution in [-0.4, -0.2) is 19.9 Å². The van der Waals surface area contributed by atoms with Gasteiger partial charge in [-0.25, -0.2) is 14.8 Å². The van der Waals surface area contributed by atoms with Crippen LogP contribution >= 0.6 is 23.2 Å². The highest BCUT2D eigenvalue weighted by Crippen LogP contribution is 2.07. The average Bonchev–Trinajstić information content (AvgIpc) is 2.69. The summed E-state index contributed by atoms with van der Waals surface area (Å²) in [5.41, 5.74) is 1.56. The Morgan fingerprint density at radius 1 is 0.944 bits per heavy atom. The van der Waals surface area contributed by atoms with Crippen molar-refractivity contribution in [3.8, 4) is 0 Å². The summed E-state index contributed by atoms with van der Waals surface area (Å²) in [4.78, 5) is 23.2. The topological polar surface area (TPSA) is 74.4 Å². The third kappa shape index (κ3) is 3.32. The Bertz CT molecular complexity index is 654. The van der Waals surface area contributed by atoms with Crippen molar-refractivity contribution in [2.45, 2.75) is 0 Å². The Balaban J connectivity index is 0.000000138. The molecule has 0 aliphatic heterocycles. The predicted molar refractivity (Wildman–Crippen MR) is 71.0 cm³/mol. The Morgan fingerprint density at radius 3 is 1.83 bits per heavy atom. The van der Waals surface area contributed by atoms with Crippen LogP contribution in [0.3, 0.4) is 0 Å². The van der Waals surface area contributed by atoms with Crippen LogP contribution < -0.4 is 5.69 Å². The van der Waals surface area contributed by atoms with Crippen molar-refractivity contribution in [1.82, 2.24) is 19.9 Å². The molecule has 92 valence electrons. The van der Waals surface area contributed by atoms with Gasteiger partial charge in [-0.2, -0.15) is 0 Å². The van der Waals surface area contributed by atoms with E-state index in [0.717, 1.165) is 11.0 Å². The molecule has 7 heteroatoms. The van der Waals surface area contributed by atoms with E-state index in [0.29, 0.717) is 10.3 Å². The van der Waals surface area contributed by atoms with E-state index in [2.05, 4.69) is 19.9 Å². The van der Waals surface area contributed by atoms with Crippen molar-refractivity contribution in [3.05, 3.63) is 57.4 Å². The van der Waals surface area contributed by atoms with Crippen molar-refractivity contribution in [2.24, 2.45) is 0 Å². The van der Waals surface area contributed by atoms with E-state index in [-0.39, 0.29) is 5.69 Å². The monoisotopic (exact) mass is 282 g/mol. The zero-order chi connectivity index (χ0) is 13.0. The van der Waals surface area contributed by atoms with Gasteiger partial charge in [0.2, 0.25) is 0 Å². The molecule has 0 aliphatic carbocycles. The van der Waals surface area contributed by atoms with Crippen molar-refractivity contribution >= 4 is 34.2 Å². The number of H-pyrrole nitrogens is 2. The molecule has 3 rings (SSSR count). The standard InChI is InChI=1S/C7H6N2O.C4H2Cl2N2/c10-7-8-5-3-1-2-4-6(5)9-7;5-3-1-4(6)8-2-7-3/h1-4H,(H2,8,9,10);1-2H. The van der Waals surface area contributed by atoms with Gasteiger partial charge in [-0.05, 0) is 12.1 Å². The van der Waals surface area contributed by atoms with Gasteiger partial charge in [0.05, 0.1) is 11.0 Å². The fraction of sp³-hybridized carbons (Fsp3) is 0. The summed E-state index contributed by atoms with van der Waals surface area (Å²) >= 11 is 10.8. The largest absolute Gasteiger partial charge is 0.323 e. The molecule has 0 saturated heterocycles. The summed E-state index contributed by atoms with van der Waals surface area (Å²) in [6.45, 7) is 0. The molecule has 2 heterocycles. The first kappa shape index (κ1) is 12.6. The minimum atomic E-state index is -0.152. The van der Waals surface area contributed by atoms with Gasteiger partial charge in [-0.3, -0.25) is 0 Å². The lowest BCUT2D eigenvalue weighted by atomic mass is 10.3. The molecule has 0 saturated carbocycles. The predicted octanol–water partition coefficient (Wildman–Crippen LogP) is 2.64. The number of benzene rings is 1. The molecular weight excluding hydrogens is 275 g/mol. The lowest BCUT2D eigenvalue weighted by Crippen LogP contribution is -1.99. The summed E-state index contributed by atoms with van der Waals surface area (Å²) in [5, 5.41) is 0.731. The molecule has 3 aromatic rings. The molecule has 18 heavy (non-hydrogen) atoms. The summed E-state index contributed by atoms with van der Waals surface area (Å²) in [7, 11) is 0. The van der Waals surface area contributed by atoms with Crippen LogP contribution in [0, 0.1) is 0 Å². The zero-order valence-corrected chi connectivity index (χ0v) is 10.5. The number of aromatic amines is 2. The Morgan fingerprint density at radius 2 is 1.44 bits per heavy atom. The average molecular weight is 283 g/mol. The first-order valence-corrected chi connectivity index (χ1v) is 5.71. The molecule has 0 atom stereocenters. The fourth-order valence-electron chi connectivity index (χ4n) is 1.29. The van der Waals surface area contributed by atoms with Crippen LogP contribution in [0.4, 0.5) is 0 Å². The molecule has 2 aromatic heterocycles. The van der Waals surface area contributed by atoms with Crippen LogP contribution in [-0.2, 0) is 0 Å². The highest BCUT2D eigenvalue weighted by atomic mass is 35.5. The van der Waals surface area contributed by atoms with E-state index in [1.165, 1.54) is 12.4 Å². The van der Waals surface area contributed by atoms with Crippen molar-refractivity contribution in [1.29, 1.82) is 0 Å². The molecule has 1 aromatic carbocycles. The van der Waals surface area contributed by atoms with Gasteiger partial charge in [0.15, 0.2) is 0 Å². The summed E-state index contributed by atoms with van der Waals surface area (Å²) in [6.07, 6.45) is 1.31. The molecule has 0 spiro atoms. The highest BCUT2D eigenvalue weighted by molar-refractivity contribution is 6.33. The smallest absolute Gasteiger partial charge is 0.306 e. The van der Waals surface area contributed by atoms with Crippen LogP contribution in [0.1, 0.15) is 0 Å². The number of hydrogen-bond donors (Lipinski definition) is 2. The lowest BCUT2D eigenvalue weighted by molar-refractivity contribution is 1.17. The third-order valence-electron chi connectivity index (χ3n) is 2.02. The van der Waals surface area contributed by atoms with Crippen molar-refractivity contribution in [2.75, 3.05) is 0 Å². The second-order valence-corrected chi connectivity index (χ2v) is 4.06. The first-order valence-electron chi connectivity index (χ1n) is 4.95. The van der Waals surface area contributed by atoms with Gasteiger partial charge in [-0.15, -0.1) is 0 Å². The normalized spacial score (nSPS) is 9.89. The van der Waals surface area contributed by atoms with Crippen LogP contribution in [0.2, 0.25) is 10.3 Å². The van der Waals surface area contributed by atoms with Crippen molar-refractivity contribution in [3.63, 3.8) is 0 Å². The van der Waals surface area contributed by atoms with E-state index in [9.17, 15) is 4.79 Å². The van der Waals surface area contributed by atoms with Crippen LogP contribution in [0.25, 0.3) is 11.0 Å². The minimum absolute atomic E-state index is 0.152. The maximum absolute atomic E-state index is 10.7. The van der Waals surface area contributed by atoms with E-state index in [4.69, 9.17) is 23.2 Å². The number of imidazole rings is 1. The van der Waals surface area contributed by atoms with E-state index in [1.807, 2.05) is 24.3 Å². The van der Waals surface area contributed by atoms with E-state index >= 15 is 0 Å². The van der Waals surface area contributed by atoms with Gasteiger partial charge in [0.1, 0.15) is 16.6 Å². The number of nitrogens with one attached hydrogen (secondary N) is 2. The number of halogens is 2.